The highest BCUT2D eigenvalue weighted by Crippen LogP contribution is 2.26. The molecule has 0 radical (unpaired) electrons. The van der Waals surface area contributed by atoms with Crippen molar-refractivity contribution in [3.8, 4) is 5.75 Å². The number of fused-ring (bicyclic) bond motifs is 2. The molecular formula is C18H22N4O2. The van der Waals surface area contributed by atoms with Gasteiger partial charge in [-0.05, 0) is 43.2 Å². The molecule has 1 unspecified atom stereocenters. The summed E-state index contributed by atoms with van der Waals surface area (Å²) in [6.45, 7) is 2.17. The fraction of sp³-hybridized carbons (Fsp3) is 0.500. The van der Waals surface area contributed by atoms with Crippen molar-refractivity contribution in [3.63, 3.8) is 0 Å². The van der Waals surface area contributed by atoms with Crippen molar-refractivity contribution in [2.45, 2.75) is 38.6 Å². The van der Waals surface area contributed by atoms with E-state index in [1.165, 1.54) is 5.56 Å². The molecule has 2 aromatic rings. The Hall–Kier alpha value is -2.37. The first-order valence-electron chi connectivity index (χ1n) is 8.72. The lowest BCUT2D eigenvalue weighted by atomic mass is 9.97. The van der Waals surface area contributed by atoms with Crippen molar-refractivity contribution in [2.75, 3.05) is 13.2 Å². The second-order valence-corrected chi connectivity index (χ2v) is 6.57. The quantitative estimate of drug-likeness (QED) is 0.936. The molecule has 126 valence electrons. The summed E-state index contributed by atoms with van der Waals surface area (Å²) in [5, 5.41) is 11.3. The van der Waals surface area contributed by atoms with Gasteiger partial charge in [-0.3, -0.25) is 4.79 Å². The van der Waals surface area contributed by atoms with E-state index in [2.05, 4.69) is 21.6 Å². The van der Waals surface area contributed by atoms with Crippen molar-refractivity contribution in [1.29, 1.82) is 0 Å². The van der Waals surface area contributed by atoms with E-state index in [9.17, 15) is 4.79 Å². The van der Waals surface area contributed by atoms with Gasteiger partial charge in [0.2, 0.25) is 5.82 Å². The molecule has 0 bridgehead atoms. The van der Waals surface area contributed by atoms with Gasteiger partial charge in [0.15, 0.2) is 0 Å². The summed E-state index contributed by atoms with van der Waals surface area (Å²) >= 11 is 0. The minimum Gasteiger partial charge on any atom is -0.493 e. The third kappa shape index (κ3) is 3.00. The largest absolute Gasteiger partial charge is 0.493 e. The maximum Gasteiger partial charge on any atom is 0.289 e. The molecule has 4 rings (SSSR count). The minimum atomic E-state index is -0.117. The van der Waals surface area contributed by atoms with Crippen molar-refractivity contribution < 1.29 is 9.53 Å². The lowest BCUT2D eigenvalue weighted by Gasteiger charge is -2.16. The lowest BCUT2D eigenvalue weighted by Crippen LogP contribution is -2.33. The Labute approximate surface area is 141 Å². The van der Waals surface area contributed by atoms with Crippen molar-refractivity contribution in [2.24, 2.45) is 5.92 Å². The average molecular weight is 326 g/mol. The highest BCUT2D eigenvalue weighted by Gasteiger charge is 2.23. The number of hydrogen-bond donors (Lipinski definition) is 1. The zero-order chi connectivity index (χ0) is 16.4. The Bertz CT molecular complexity index is 740. The molecule has 6 nitrogen and oxygen atoms in total. The average Bonchev–Trinajstić information content (AvgIpc) is 2.93. The van der Waals surface area contributed by atoms with E-state index in [1.54, 1.807) is 0 Å². The van der Waals surface area contributed by atoms with Gasteiger partial charge < -0.3 is 14.6 Å². The smallest absolute Gasteiger partial charge is 0.289 e. The molecule has 1 N–H and O–H groups in total. The molecular weight excluding hydrogens is 304 g/mol. The number of ether oxygens (including phenoxy) is 1. The van der Waals surface area contributed by atoms with Gasteiger partial charge in [-0.2, -0.15) is 0 Å². The number of nitrogens with one attached hydrogen (secondary N) is 1. The molecule has 0 aliphatic carbocycles. The molecule has 1 aromatic carbocycles. The molecule has 2 aliphatic heterocycles. The number of carbonyl (C=O) groups excluding carboxylic acids is 1. The minimum absolute atomic E-state index is 0.117. The number of rotatable bonds is 3. The molecule has 1 amide bonds. The summed E-state index contributed by atoms with van der Waals surface area (Å²) in [5.41, 5.74) is 1.22. The Morgan fingerprint density at radius 2 is 2.21 bits per heavy atom. The molecule has 3 heterocycles. The number of aromatic nitrogens is 3. The topological polar surface area (TPSA) is 69.0 Å². The maximum absolute atomic E-state index is 12.5. The zero-order valence-corrected chi connectivity index (χ0v) is 13.7. The van der Waals surface area contributed by atoms with E-state index in [0.717, 1.165) is 50.2 Å². The Kier molecular flexibility index (Phi) is 4.19. The molecule has 1 atom stereocenters. The Morgan fingerprint density at radius 1 is 1.29 bits per heavy atom. The highest BCUT2D eigenvalue weighted by molar-refractivity contribution is 5.90. The maximum atomic E-state index is 12.5. The van der Waals surface area contributed by atoms with E-state index < -0.39 is 0 Å². The summed E-state index contributed by atoms with van der Waals surface area (Å²) < 4.78 is 7.76. The van der Waals surface area contributed by atoms with Crippen LogP contribution in [0.1, 0.15) is 41.3 Å². The third-order valence-electron chi connectivity index (χ3n) is 4.88. The first-order valence-corrected chi connectivity index (χ1v) is 8.72. The van der Waals surface area contributed by atoms with E-state index in [1.807, 2.05) is 22.8 Å². The van der Waals surface area contributed by atoms with Crippen molar-refractivity contribution in [1.82, 2.24) is 20.1 Å². The molecule has 0 spiro atoms. The van der Waals surface area contributed by atoms with Crippen molar-refractivity contribution in [3.05, 3.63) is 41.5 Å². The zero-order valence-electron chi connectivity index (χ0n) is 13.7. The Balaban J connectivity index is 1.40. The molecule has 1 aromatic heterocycles. The van der Waals surface area contributed by atoms with Crippen LogP contribution in [-0.2, 0) is 19.4 Å². The monoisotopic (exact) mass is 326 g/mol. The summed E-state index contributed by atoms with van der Waals surface area (Å²) in [5.74, 6) is 2.62. The van der Waals surface area contributed by atoms with Gasteiger partial charge in [0.1, 0.15) is 11.6 Å². The number of aryl methyl sites for hydroxylation is 1. The van der Waals surface area contributed by atoms with Gasteiger partial charge >= 0.3 is 0 Å². The van der Waals surface area contributed by atoms with Gasteiger partial charge in [0.05, 0.1) is 6.61 Å². The number of carbonyl (C=O) groups is 1. The van der Waals surface area contributed by atoms with Gasteiger partial charge in [0.25, 0.3) is 5.91 Å². The van der Waals surface area contributed by atoms with Crippen LogP contribution in [0.15, 0.2) is 24.3 Å². The van der Waals surface area contributed by atoms with Crippen LogP contribution in [-0.4, -0.2) is 33.8 Å². The van der Waals surface area contributed by atoms with Crippen molar-refractivity contribution >= 4 is 5.91 Å². The summed E-state index contributed by atoms with van der Waals surface area (Å²) in [4.78, 5) is 12.5. The number of para-hydroxylation sites is 1. The summed E-state index contributed by atoms with van der Waals surface area (Å²) in [6.07, 6.45) is 4.99. The SMILES string of the molecule is O=C(NCC1CCOc2ccccc2C1)c1nnc2n1CCCC2. The third-order valence-corrected chi connectivity index (χ3v) is 4.88. The molecule has 0 saturated carbocycles. The normalized spacial score (nSPS) is 19.6. The van der Waals surface area contributed by atoms with Gasteiger partial charge in [-0.1, -0.05) is 18.2 Å². The van der Waals surface area contributed by atoms with E-state index in [-0.39, 0.29) is 5.91 Å². The number of amides is 1. The Morgan fingerprint density at radius 3 is 3.17 bits per heavy atom. The molecule has 6 heteroatoms. The highest BCUT2D eigenvalue weighted by atomic mass is 16.5. The predicted molar refractivity (Wildman–Crippen MR) is 89.0 cm³/mol. The van der Waals surface area contributed by atoms with Crippen LogP contribution in [0.4, 0.5) is 0 Å². The van der Waals surface area contributed by atoms with Crippen LogP contribution in [0, 0.1) is 5.92 Å². The van der Waals surface area contributed by atoms with Crippen LogP contribution in [0.3, 0.4) is 0 Å². The number of benzene rings is 1. The van der Waals surface area contributed by atoms with Crippen LogP contribution < -0.4 is 10.1 Å². The van der Waals surface area contributed by atoms with E-state index >= 15 is 0 Å². The second-order valence-electron chi connectivity index (χ2n) is 6.57. The van der Waals surface area contributed by atoms with E-state index in [0.29, 0.717) is 24.9 Å². The van der Waals surface area contributed by atoms with E-state index in [4.69, 9.17) is 4.74 Å². The van der Waals surface area contributed by atoms with Gasteiger partial charge in [0, 0.05) is 19.5 Å². The fourth-order valence-electron chi connectivity index (χ4n) is 3.53. The second kappa shape index (κ2) is 6.63. The van der Waals surface area contributed by atoms with Gasteiger partial charge in [-0.25, -0.2) is 0 Å². The lowest BCUT2D eigenvalue weighted by molar-refractivity contribution is 0.0929. The first kappa shape index (κ1) is 15.2. The number of hydrogen-bond acceptors (Lipinski definition) is 4. The van der Waals surface area contributed by atoms with Crippen LogP contribution in [0.2, 0.25) is 0 Å². The molecule has 24 heavy (non-hydrogen) atoms. The fourth-order valence-corrected chi connectivity index (χ4v) is 3.53. The number of nitrogens with zero attached hydrogens (tertiary/aromatic N) is 3. The summed E-state index contributed by atoms with van der Waals surface area (Å²) in [6, 6.07) is 8.14. The molecule has 0 fully saturated rings. The van der Waals surface area contributed by atoms with Crippen LogP contribution in [0.25, 0.3) is 0 Å². The first-order chi connectivity index (χ1) is 11.8. The van der Waals surface area contributed by atoms with Gasteiger partial charge in [-0.15, -0.1) is 10.2 Å². The van der Waals surface area contributed by atoms with Crippen LogP contribution >= 0.6 is 0 Å². The predicted octanol–water partition coefficient (Wildman–Crippen LogP) is 1.99. The molecule has 0 saturated heterocycles. The standard InChI is InChI=1S/C18H22N4O2/c23-18(17-21-20-16-7-3-4-9-22(16)17)19-12-13-8-10-24-15-6-2-1-5-14(15)11-13/h1-2,5-6,13H,3-4,7-12H2,(H,19,23). The van der Waals surface area contributed by atoms with Crippen LogP contribution in [0.5, 0.6) is 5.75 Å². The molecule has 2 aliphatic rings. The summed E-state index contributed by atoms with van der Waals surface area (Å²) in [7, 11) is 0.